The lowest BCUT2D eigenvalue weighted by atomic mass is 10.1. The van der Waals surface area contributed by atoms with Gasteiger partial charge in [0, 0.05) is 25.7 Å². The fourth-order valence-corrected chi connectivity index (χ4v) is 2.21. The van der Waals surface area contributed by atoms with Gasteiger partial charge in [0.15, 0.2) is 0 Å². The van der Waals surface area contributed by atoms with Crippen LogP contribution in [-0.2, 0) is 4.74 Å². The van der Waals surface area contributed by atoms with Gasteiger partial charge in [0.05, 0.1) is 12.2 Å². The summed E-state index contributed by atoms with van der Waals surface area (Å²) in [5.74, 6) is 0. The molecule has 0 aromatic heterocycles. The van der Waals surface area contributed by atoms with E-state index in [0.717, 1.165) is 32.8 Å². The normalized spacial score (nSPS) is 24.0. The molecule has 1 aliphatic rings. The summed E-state index contributed by atoms with van der Waals surface area (Å²) in [7, 11) is 0. The first-order valence-electron chi connectivity index (χ1n) is 6.17. The van der Waals surface area contributed by atoms with Gasteiger partial charge in [-0.25, -0.2) is 0 Å². The van der Waals surface area contributed by atoms with Gasteiger partial charge >= 0.3 is 0 Å². The summed E-state index contributed by atoms with van der Waals surface area (Å²) in [6.07, 6.45) is 1.20. The Labute approximate surface area is 94.2 Å². The Balaban J connectivity index is 2.36. The van der Waals surface area contributed by atoms with E-state index in [1.807, 2.05) is 0 Å². The average molecular weight is 214 g/mol. The van der Waals surface area contributed by atoms with E-state index in [4.69, 9.17) is 4.74 Å². The topological polar surface area (TPSA) is 24.5 Å². The van der Waals surface area contributed by atoms with Crippen molar-refractivity contribution in [2.24, 2.45) is 0 Å². The molecular formula is C12H26N2O. The molecule has 3 heteroatoms. The maximum Gasteiger partial charge on any atom is 0.0753 e. The molecule has 0 spiro atoms. The number of nitrogens with one attached hydrogen (secondary N) is 1. The number of rotatable bonds is 5. The van der Waals surface area contributed by atoms with Crippen molar-refractivity contribution < 1.29 is 4.74 Å². The average Bonchev–Trinajstić information content (AvgIpc) is 2.15. The molecule has 0 aliphatic carbocycles. The molecule has 1 fully saturated rings. The molecule has 0 radical (unpaired) electrons. The van der Waals surface area contributed by atoms with E-state index in [0.29, 0.717) is 6.04 Å². The first-order chi connectivity index (χ1) is 7.07. The molecule has 15 heavy (non-hydrogen) atoms. The third-order valence-corrected chi connectivity index (χ3v) is 2.97. The Morgan fingerprint density at radius 3 is 2.67 bits per heavy atom. The van der Waals surface area contributed by atoms with E-state index in [-0.39, 0.29) is 5.60 Å². The van der Waals surface area contributed by atoms with Crippen LogP contribution in [-0.4, -0.2) is 49.3 Å². The molecule has 1 aliphatic heterocycles. The Kier molecular flexibility index (Phi) is 5.03. The van der Waals surface area contributed by atoms with E-state index in [9.17, 15) is 0 Å². The Morgan fingerprint density at radius 1 is 1.40 bits per heavy atom. The highest BCUT2D eigenvalue weighted by Gasteiger charge is 2.27. The zero-order chi connectivity index (χ0) is 11.3. The zero-order valence-corrected chi connectivity index (χ0v) is 10.7. The Hall–Kier alpha value is -0.120. The highest BCUT2D eigenvalue weighted by molar-refractivity contribution is 4.81. The van der Waals surface area contributed by atoms with Crippen LogP contribution in [0.5, 0.6) is 0 Å². The quantitative estimate of drug-likeness (QED) is 0.750. The lowest BCUT2D eigenvalue weighted by Gasteiger charge is -2.39. The van der Waals surface area contributed by atoms with Gasteiger partial charge in [-0.3, -0.25) is 4.90 Å². The molecule has 0 amide bonds. The minimum atomic E-state index is 0.0305. The maximum absolute atomic E-state index is 5.71. The largest absolute Gasteiger partial charge is 0.373 e. The molecular weight excluding hydrogens is 188 g/mol. The lowest BCUT2D eigenvalue weighted by molar-refractivity contribution is -0.0875. The third-order valence-electron chi connectivity index (χ3n) is 2.97. The maximum atomic E-state index is 5.71. The second kappa shape index (κ2) is 5.83. The molecule has 3 nitrogen and oxygen atoms in total. The van der Waals surface area contributed by atoms with Gasteiger partial charge in [-0.05, 0) is 26.8 Å². The van der Waals surface area contributed by atoms with Crippen LogP contribution >= 0.6 is 0 Å². The van der Waals surface area contributed by atoms with Crippen molar-refractivity contribution in [3.8, 4) is 0 Å². The molecule has 0 bridgehead atoms. The molecule has 1 saturated heterocycles. The van der Waals surface area contributed by atoms with Crippen LogP contribution in [0.2, 0.25) is 0 Å². The number of morpholine rings is 1. The molecule has 90 valence electrons. The van der Waals surface area contributed by atoms with Crippen molar-refractivity contribution in [2.45, 2.75) is 45.8 Å². The second-order valence-electron chi connectivity index (χ2n) is 5.01. The Bertz CT molecular complexity index is 182. The summed E-state index contributed by atoms with van der Waals surface area (Å²) >= 11 is 0. The van der Waals surface area contributed by atoms with Gasteiger partial charge < -0.3 is 10.1 Å². The van der Waals surface area contributed by atoms with E-state index in [2.05, 4.69) is 37.9 Å². The zero-order valence-electron chi connectivity index (χ0n) is 10.7. The molecule has 1 N–H and O–H groups in total. The minimum absolute atomic E-state index is 0.0305. The number of hydrogen-bond acceptors (Lipinski definition) is 3. The van der Waals surface area contributed by atoms with Crippen molar-refractivity contribution >= 4 is 0 Å². The standard InChI is InChI=1S/C12H26N2O/c1-5-11(13-6-2)9-14-7-8-15-12(3,4)10-14/h11,13H,5-10H2,1-4H3. The van der Waals surface area contributed by atoms with Gasteiger partial charge in [-0.15, -0.1) is 0 Å². The van der Waals surface area contributed by atoms with Crippen molar-refractivity contribution in [1.82, 2.24) is 10.2 Å². The van der Waals surface area contributed by atoms with Crippen LogP contribution in [0.15, 0.2) is 0 Å². The van der Waals surface area contributed by atoms with Crippen LogP contribution in [0.1, 0.15) is 34.1 Å². The molecule has 0 saturated carbocycles. The van der Waals surface area contributed by atoms with Crippen molar-refractivity contribution in [3.63, 3.8) is 0 Å². The van der Waals surface area contributed by atoms with E-state index in [1.165, 1.54) is 6.42 Å². The number of likely N-dealkylation sites (N-methyl/N-ethyl adjacent to an activating group) is 1. The SMILES string of the molecule is CCNC(CC)CN1CCOC(C)(C)C1. The van der Waals surface area contributed by atoms with Crippen molar-refractivity contribution in [1.29, 1.82) is 0 Å². The van der Waals surface area contributed by atoms with Gasteiger partial charge in [0.25, 0.3) is 0 Å². The van der Waals surface area contributed by atoms with Crippen molar-refractivity contribution in [3.05, 3.63) is 0 Å². The summed E-state index contributed by atoms with van der Waals surface area (Å²) in [6, 6.07) is 0.629. The smallest absolute Gasteiger partial charge is 0.0753 e. The van der Waals surface area contributed by atoms with Crippen LogP contribution in [0.3, 0.4) is 0 Å². The van der Waals surface area contributed by atoms with Gasteiger partial charge in [-0.2, -0.15) is 0 Å². The minimum Gasteiger partial charge on any atom is -0.373 e. The van der Waals surface area contributed by atoms with E-state index in [1.54, 1.807) is 0 Å². The summed E-state index contributed by atoms with van der Waals surface area (Å²) in [5, 5.41) is 3.52. The van der Waals surface area contributed by atoms with Crippen LogP contribution in [0.25, 0.3) is 0 Å². The summed E-state index contributed by atoms with van der Waals surface area (Å²) in [5.41, 5.74) is 0.0305. The van der Waals surface area contributed by atoms with Gasteiger partial charge in [0.2, 0.25) is 0 Å². The second-order valence-corrected chi connectivity index (χ2v) is 5.01. The molecule has 0 aromatic rings. The molecule has 1 rings (SSSR count). The lowest BCUT2D eigenvalue weighted by Crippen LogP contribution is -2.52. The van der Waals surface area contributed by atoms with Gasteiger partial charge in [-0.1, -0.05) is 13.8 Å². The van der Waals surface area contributed by atoms with Crippen LogP contribution in [0, 0.1) is 0 Å². The highest BCUT2D eigenvalue weighted by atomic mass is 16.5. The monoisotopic (exact) mass is 214 g/mol. The fraction of sp³-hybridized carbons (Fsp3) is 1.00. The molecule has 1 unspecified atom stereocenters. The Morgan fingerprint density at radius 2 is 2.13 bits per heavy atom. The van der Waals surface area contributed by atoms with E-state index >= 15 is 0 Å². The van der Waals surface area contributed by atoms with E-state index < -0.39 is 0 Å². The molecule has 1 heterocycles. The van der Waals surface area contributed by atoms with Crippen LogP contribution < -0.4 is 5.32 Å². The first kappa shape index (κ1) is 12.9. The third kappa shape index (κ3) is 4.49. The highest BCUT2D eigenvalue weighted by Crippen LogP contribution is 2.16. The number of nitrogens with zero attached hydrogens (tertiary/aromatic N) is 1. The number of ether oxygens (including phenoxy) is 1. The van der Waals surface area contributed by atoms with Crippen LogP contribution in [0.4, 0.5) is 0 Å². The number of hydrogen-bond donors (Lipinski definition) is 1. The predicted octanol–water partition coefficient (Wildman–Crippen LogP) is 1.49. The summed E-state index contributed by atoms with van der Waals surface area (Å²) < 4.78 is 5.71. The van der Waals surface area contributed by atoms with Crippen molar-refractivity contribution in [2.75, 3.05) is 32.8 Å². The summed E-state index contributed by atoms with van der Waals surface area (Å²) in [4.78, 5) is 2.51. The first-order valence-corrected chi connectivity index (χ1v) is 6.17. The predicted molar refractivity (Wildman–Crippen MR) is 64.2 cm³/mol. The van der Waals surface area contributed by atoms with Gasteiger partial charge in [0.1, 0.15) is 0 Å². The summed E-state index contributed by atoms with van der Waals surface area (Å²) in [6.45, 7) is 14.0. The molecule has 0 aromatic carbocycles. The fourth-order valence-electron chi connectivity index (χ4n) is 2.21. The molecule has 1 atom stereocenters.